The molecule has 138 valence electrons. The van der Waals surface area contributed by atoms with Crippen LogP contribution in [0.25, 0.3) is 5.69 Å². The van der Waals surface area contributed by atoms with Gasteiger partial charge in [0.2, 0.25) is 0 Å². The SMILES string of the molecule is Cc1ccc([C@H]2[C@@H](c3ccccn3)NC(=S)N2CCO)n1-c1cccnc1. The summed E-state index contributed by atoms with van der Waals surface area (Å²) in [5.74, 6) is 0. The van der Waals surface area contributed by atoms with Crippen molar-refractivity contribution >= 4 is 17.3 Å². The van der Waals surface area contributed by atoms with E-state index >= 15 is 0 Å². The van der Waals surface area contributed by atoms with Gasteiger partial charge in [-0.1, -0.05) is 6.07 Å². The molecule has 0 aliphatic carbocycles. The van der Waals surface area contributed by atoms with E-state index in [4.69, 9.17) is 12.2 Å². The Labute approximate surface area is 163 Å². The number of pyridine rings is 2. The summed E-state index contributed by atoms with van der Waals surface area (Å²) < 4.78 is 2.19. The first-order chi connectivity index (χ1) is 13.2. The molecule has 0 amide bonds. The molecule has 0 radical (unpaired) electrons. The van der Waals surface area contributed by atoms with Crippen molar-refractivity contribution in [3.63, 3.8) is 0 Å². The third kappa shape index (κ3) is 3.20. The number of aliphatic hydroxyl groups is 1. The lowest BCUT2D eigenvalue weighted by Crippen LogP contribution is -2.33. The Hall–Kier alpha value is -2.77. The average Bonchev–Trinajstić information content (AvgIpc) is 3.23. The van der Waals surface area contributed by atoms with Crippen LogP contribution in [0.3, 0.4) is 0 Å². The topological polar surface area (TPSA) is 66.2 Å². The van der Waals surface area contributed by atoms with Crippen molar-refractivity contribution < 1.29 is 5.11 Å². The lowest BCUT2D eigenvalue weighted by molar-refractivity contribution is 0.220. The summed E-state index contributed by atoms with van der Waals surface area (Å²) >= 11 is 5.58. The molecule has 1 aliphatic heterocycles. The second-order valence-electron chi connectivity index (χ2n) is 6.49. The van der Waals surface area contributed by atoms with E-state index in [2.05, 4.69) is 38.9 Å². The van der Waals surface area contributed by atoms with E-state index in [0.29, 0.717) is 11.7 Å². The van der Waals surface area contributed by atoms with Gasteiger partial charge in [-0.15, -0.1) is 0 Å². The van der Waals surface area contributed by atoms with Gasteiger partial charge in [-0.05, 0) is 55.5 Å². The van der Waals surface area contributed by atoms with Gasteiger partial charge in [0.15, 0.2) is 5.11 Å². The van der Waals surface area contributed by atoms with Crippen LogP contribution in [-0.2, 0) is 0 Å². The smallest absolute Gasteiger partial charge is 0.170 e. The minimum absolute atomic E-state index is 0.0276. The number of hydrogen-bond acceptors (Lipinski definition) is 4. The minimum atomic E-state index is -0.102. The van der Waals surface area contributed by atoms with E-state index in [-0.39, 0.29) is 18.7 Å². The molecule has 0 bridgehead atoms. The fourth-order valence-corrected chi connectivity index (χ4v) is 4.04. The van der Waals surface area contributed by atoms with Crippen molar-refractivity contribution in [1.82, 2.24) is 24.8 Å². The zero-order valence-corrected chi connectivity index (χ0v) is 15.8. The number of aromatic nitrogens is 3. The highest BCUT2D eigenvalue weighted by molar-refractivity contribution is 7.80. The Balaban J connectivity index is 1.85. The van der Waals surface area contributed by atoms with E-state index in [0.717, 1.165) is 22.8 Å². The van der Waals surface area contributed by atoms with Crippen LogP contribution in [0.1, 0.15) is 29.2 Å². The van der Waals surface area contributed by atoms with Crippen LogP contribution < -0.4 is 5.32 Å². The highest BCUT2D eigenvalue weighted by atomic mass is 32.1. The normalized spacial score (nSPS) is 19.3. The number of rotatable bonds is 5. The second kappa shape index (κ2) is 7.46. The fourth-order valence-electron chi connectivity index (χ4n) is 3.70. The molecule has 1 aliphatic rings. The van der Waals surface area contributed by atoms with Crippen LogP contribution in [0.4, 0.5) is 0 Å². The van der Waals surface area contributed by atoms with Crippen LogP contribution in [0.15, 0.2) is 61.1 Å². The monoisotopic (exact) mass is 379 g/mol. The summed E-state index contributed by atoms with van der Waals surface area (Å²) in [4.78, 5) is 10.8. The Bertz CT molecular complexity index is 928. The maximum Gasteiger partial charge on any atom is 0.170 e. The number of hydrogen-bond donors (Lipinski definition) is 2. The summed E-state index contributed by atoms with van der Waals surface area (Å²) in [6, 6.07) is 13.9. The summed E-state index contributed by atoms with van der Waals surface area (Å²) in [5.41, 5.74) is 4.11. The number of nitrogens with one attached hydrogen (secondary N) is 1. The molecule has 3 aromatic rings. The van der Waals surface area contributed by atoms with Crippen LogP contribution in [0.2, 0.25) is 0 Å². The molecule has 0 aromatic carbocycles. The molecule has 2 atom stereocenters. The molecule has 1 fully saturated rings. The lowest BCUT2D eigenvalue weighted by atomic mass is 10.0. The van der Waals surface area contributed by atoms with E-state index in [1.54, 1.807) is 12.4 Å². The number of aryl methyl sites for hydroxylation is 1. The number of β-amino-alcohol motifs (C(OH)–C–C–N with tert-alkyl or cyclic N) is 1. The number of aliphatic hydroxyl groups excluding tert-OH is 1. The molecule has 0 spiro atoms. The Kier molecular flexibility index (Phi) is 4.87. The second-order valence-corrected chi connectivity index (χ2v) is 6.88. The standard InChI is InChI=1S/C20H21N5OS/c1-14-7-8-17(25(14)15-5-4-9-21-13-15)19-18(16-6-2-3-10-22-16)23-20(27)24(19)11-12-26/h2-10,13,18-19,26H,11-12H2,1H3,(H,23,27)/t18-,19+/m1/s1. The molecule has 7 heteroatoms. The largest absolute Gasteiger partial charge is 0.395 e. The van der Waals surface area contributed by atoms with Crippen LogP contribution in [-0.4, -0.2) is 42.8 Å². The summed E-state index contributed by atoms with van der Waals surface area (Å²) in [6.07, 6.45) is 5.41. The molecule has 3 aromatic heterocycles. The zero-order valence-electron chi connectivity index (χ0n) is 15.0. The Morgan fingerprint density at radius 1 is 1.15 bits per heavy atom. The fraction of sp³-hybridized carbons (Fsp3) is 0.250. The van der Waals surface area contributed by atoms with Gasteiger partial charge in [0.1, 0.15) is 0 Å². The van der Waals surface area contributed by atoms with E-state index < -0.39 is 0 Å². The van der Waals surface area contributed by atoms with Gasteiger partial charge in [-0.25, -0.2) is 0 Å². The van der Waals surface area contributed by atoms with Crippen LogP contribution >= 0.6 is 12.2 Å². The molecule has 0 unspecified atom stereocenters. The summed E-state index contributed by atoms with van der Waals surface area (Å²) in [5, 5.41) is 13.6. The molecule has 0 saturated carbocycles. The molecule has 6 nitrogen and oxygen atoms in total. The minimum Gasteiger partial charge on any atom is -0.395 e. The highest BCUT2D eigenvalue weighted by Crippen LogP contribution is 2.39. The van der Waals surface area contributed by atoms with Crippen LogP contribution in [0.5, 0.6) is 0 Å². The average molecular weight is 379 g/mol. The van der Waals surface area contributed by atoms with E-state index in [1.807, 2.05) is 41.4 Å². The van der Waals surface area contributed by atoms with Gasteiger partial charge in [0.05, 0.1) is 36.3 Å². The third-order valence-electron chi connectivity index (χ3n) is 4.85. The van der Waals surface area contributed by atoms with Crippen LogP contribution in [0, 0.1) is 6.92 Å². The number of thiocarbonyl (C=S) groups is 1. The zero-order chi connectivity index (χ0) is 18.8. The summed E-state index contributed by atoms with van der Waals surface area (Å²) in [6.45, 7) is 2.56. The highest BCUT2D eigenvalue weighted by Gasteiger charge is 2.41. The third-order valence-corrected chi connectivity index (χ3v) is 5.20. The van der Waals surface area contributed by atoms with Gasteiger partial charge < -0.3 is 19.9 Å². The van der Waals surface area contributed by atoms with Gasteiger partial charge in [0, 0.05) is 30.3 Å². The maximum absolute atomic E-state index is 9.60. The molecular formula is C20H21N5OS. The molecule has 2 N–H and O–H groups in total. The van der Waals surface area contributed by atoms with Crippen molar-refractivity contribution in [2.45, 2.75) is 19.0 Å². The lowest BCUT2D eigenvalue weighted by Gasteiger charge is -2.28. The Morgan fingerprint density at radius 3 is 2.74 bits per heavy atom. The predicted molar refractivity (Wildman–Crippen MR) is 108 cm³/mol. The van der Waals surface area contributed by atoms with Gasteiger partial charge >= 0.3 is 0 Å². The number of nitrogens with zero attached hydrogens (tertiary/aromatic N) is 4. The van der Waals surface area contributed by atoms with E-state index in [1.165, 1.54) is 0 Å². The van der Waals surface area contributed by atoms with Gasteiger partial charge in [0.25, 0.3) is 0 Å². The predicted octanol–water partition coefficient (Wildman–Crippen LogP) is 2.54. The first kappa shape index (κ1) is 17.6. The Morgan fingerprint density at radius 2 is 2.04 bits per heavy atom. The van der Waals surface area contributed by atoms with E-state index in [9.17, 15) is 5.11 Å². The maximum atomic E-state index is 9.60. The summed E-state index contributed by atoms with van der Waals surface area (Å²) in [7, 11) is 0. The van der Waals surface area contributed by atoms with Gasteiger partial charge in [-0.3, -0.25) is 9.97 Å². The molecule has 4 heterocycles. The first-order valence-corrected chi connectivity index (χ1v) is 9.29. The van der Waals surface area contributed by atoms with Crippen molar-refractivity contribution in [2.24, 2.45) is 0 Å². The molecule has 4 rings (SSSR count). The first-order valence-electron chi connectivity index (χ1n) is 8.88. The van der Waals surface area contributed by atoms with Crippen molar-refractivity contribution in [2.75, 3.05) is 13.2 Å². The molecular weight excluding hydrogens is 358 g/mol. The molecule has 27 heavy (non-hydrogen) atoms. The quantitative estimate of drug-likeness (QED) is 0.664. The van der Waals surface area contributed by atoms with Gasteiger partial charge in [-0.2, -0.15) is 0 Å². The van der Waals surface area contributed by atoms with Crippen molar-refractivity contribution in [1.29, 1.82) is 0 Å². The van der Waals surface area contributed by atoms with Crippen molar-refractivity contribution in [3.05, 3.63) is 78.1 Å². The molecule has 1 saturated heterocycles. The van der Waals surface area contributed by atoms with Crippen molar-refractivity contribution in [3.8, 4) is 5.69 Å².